The Bertz CT molecular complexity index is 916. The number of aromatic nitrogens is 1. The number of pyridine rings is 1. The van der Waals surface area contributed by atoms with Crippen molar-refractivity contribution < 1.29 is 14.3 Å². The first kappa shape index (κ1) is 16.9. The van der Waals surface area contributed by atoms with Crippen LogP contribution in [-0.4, -0.2) is 23.4 Å². The minimum atomic E-state index is -0.465. The third-order valence-electron chi connectivity index (χ3n) is 3.38. The molecular formula is C18H14BrN3O3. The number of carbonyl (C=O) groups excluding carboxylic acids is 2. The summed E-state index contributed by atoms with van der Waals surface area (Å²) >= 11 is 3.42. The van der Waals surface area contributed by atoms with Gasteiger partial charge in [0.1, 0.15) is 5.75 Å². The topological polar surface area (TPSA) is 80.3 Å². The van der Waals surface area contributed by atoms with E-state index in [-0.39, 0.29) is 6.61 Å². The van der Waals surface area contributed by atoms with Gasteiger partial charge in [0, 0.05) is 16.9 Å². The zero-order valence-corrected chi connectivity index (χ0v) is 14.6. The molecule has 0 aliphatic rings. The van der Waals surface area contributed by atoms with Crippen molar-refractivity contribution in [2.24, 2.45) is 0 Å². The van der Waals surface area contributed by atoms with Crippen molar-refractivity contribution in [2.45, 2.75) is 0 Å². The molecule has 0 spiro atoms. The van der Waals surface area contributed by atoms with Gasteiger partial charge in [0.15, 0.2) is 6.61 Å². The molecular weight excluding hydrogens is 386 g/mol. The van der Waals surface area contributed by atoms with Crippen LogP contribution in [-0.2, 0) is 4.79 Å². The average molecular weight is 400 g/mol. The van der Waals surface area contributed by atoms with Crippen LogP contribution in [0.2, 0.25) is 0 Å². The molecule has 7 heteroatoms. The summed E-state index contributed by atoms with van der Waals surface area (Å²) in [6.07, 6.45) is 2.97. The zero-order chi connectivity index (χ0) is 17.6. The third kappa shape index (κ3) is 4.54. The second-order valence-electron chi connectivity index (χ2n) is 5.19. The lowest BCUT2D eigenvalue weighted by atomic mass is 10.1. The van der Waals surface area contributed by atoms with Gasteiger partial charge in [0.05, 0.1) is 5.56 Å². The van der Waals surface area contributed by atoms with E-state index in [9.17, 15) is 9.59 Å². The molecule has 0 radical (unpaired) electrons. The van der Waals surface area contributed by atoms with Gasteiger partial charge < -0.3 is 4.74 Å². The van der Waals surface area contributed by atoms with Gasteiger partial charge >= 0.3 is 0 Å². The largest absolute Gasteiger partial charge is 0.484 e. The molecule has 0 saturated carbocycles. The molecule has 2 amide bonds. The number of benzene rings is 2. The maximum absolute atomic E-state index is 11.8. The van der Waals surface area contributed by atoms with E-state index >= 15 is 0 Å². The maximum atomic E-state index is 11.8. The summed E-state index contributed by atoms with van der Waals surface area (Å²) in [6, 6.07) is 14.7. The van der Waals surface area contributed by atoms with Gasteiger partial charge in [-0.25, -0.2) is 0 Å². The van der Waals surface area contributed by atoms with E-state index in [0.29, 0.717) is 11.3 Å². The van der Waals surface area contributed by atoms with Gasteiger partial charge in [-0.2, -0.15) is 0 Å². The van der Waals surface area contributed by atoms with E-state index in [1.807, 2.05) is 30.3 Å². The minimum Gasteiger partial charge on any atom is -0.484 e. The van der Waals surface area contributed by atoms with E-state index in [1.165, 1.54) is 6.20 Å². The van der Waals surface area contributed by atoms with Crippen LogP contribution in [0.15, 0.2) is 65.4 Å². The number of nitrogens with zero attached hydrogens (tertiary/aromatic N) is 1. The minimum absolute atomic E-state index is 0.213. The van der Waals surface area contributed by atoms with Crippen LogP contribution in [0.25, 0.3) is 10.8 Å². The molecule has 0 unspecified atom stereocenters. The van der Waals surface area contributed by atoms with Crippen molar-refractivity contribution in [3.8, 4) is 5.75 Å². The first-order chi connectivity index (χ1) is 12.1. The molecule has 6 nitrogen and oxygen atoms in total. The van der Waals surface area contributed by atoms with E-state index in [1.54, 1.807) is 24.4 Å². The number of amides is 2. The average Bonchev–Trinajstić information content (AvgIpc) is 2.65. The molecule has 3 aromatic rings. The summed E-state index contributed by atoms with van der Waals surface area (Å²) in [5.74, 6) is -0.338. The monoisotopic (exact) mass is 399 g/mol. The summed E-state index contributed by atoms with van der Waals surface area (Å²) in [5.41, 5.74) is 4.96. The molecule has 0 atom stereocenters. The Morgan fingerprint density at radius 2 is 1.84 bits per heavy atom. The van der Waals surface area contributed by atoms with Crippen LogP contribution < -0.4 is 15.6 Å². The highest BCUT2D eigenvalue weighted by molar-refractivity contribution is 9.10. The van der Waals surface area contributed by atoms with Gasteiger partial charge in [-0.15, -0.1) is 0 Å². The fourth-order valence-electron chi connectivity index (χ4n) is 2.17. The SMILES string of the molecule is O=C(COc1ccc2cc(Br)ccc2c1)NNC(=O)c1cccnc1. The van der Waals surface area contributed by atoms with Gasteiger partial charge in [-0.3, -0.25) is 25.4 Å². The highest BCUT2D eigenvalue weighted by Gasteiger charge is 2.08. The number of hydrogen-bond donors (Lipinski definition) is 2. The normalized spacial score (nSPS) is 10.3. The Hall–Kier alpha value is -2.93. The molecule has 126 valence electrons. The second kappa shape index (κ2) is 7.76. The molecule has 1 heterocycles. The molecule has 0 aliphatic heterocycles. The molecule has 3 rings (SSSR count). The molecule has 1 aromatic heterocycles. The van der Waals surface area contributed by atoms with Crippen molar-refractivity contribution in [3.63, 3.8) is 0 Å². The Morgan fingerprint density at radius 3 is 2.64 bits per heavy atom. The van der Waals surface area contributed by atoms with E-state index in [4.69, 9.17) is 4.74 Å². The number of nitrogens with one attached hydrogen (secondary N) is 2. The van der Waals surface area contributed by atoms with Gasteiger partial charge in [-0.1, -0.05) is 28.1 Å². The van der Waals surface area contributed by atoms with Crippen LogP contribution in [0.4, 0.5) is 0 Å². The van der Waals surface area contributed by atoms with Crippen LogP contribution in [0, 0.1) is 0 Å². The Kier molecular flexibility index (Phi) is 5.25. The van der Waals surface area contributed by atoms with Crippen molar-refractivity contribution in [1.29, 1.82) is 0 Å². The second-order valence-corrected chi connectivity index (χ2v) is 6.10. The van der Waals surface area contributed by atoms with Crippen LogP contribution in [0.1, 0.15) is 10.4 Å². The number of ether oxygens (including phenoxy) is 1. The number of fused-ring (bicyclic) bond motifs is 1. The van der Waals surface area contributed by atoms with Crippen molar-refractivity contribution in [3.05, 3.63) is 71.0 Å². The van der Waals surface area contributed by atoms with E-state index in [2.05, 4.69) is 31.8 Å². The lowest BCUT2D eigenvalue weighted by molar-refractivity contribution is -0.123. The molecule has 0 saturated heterocycles. The Labute approximate surface area is 152 Å². The van der Waals surface area contributed by atoms with Crippen molar-refractivity contribution in [2.75, 3.05) is 6.61 Å². The Balaban J connectivity index is 1.52. The van der Waals surface area contributed by atoms with Crippen LogP contribution in [0.5, 0.6) is 5.75 Å². The predicted molar refractivity (Wildman–Crippen MR) is 97.0 cm³/mol. The van der Waals surface area contributed by atoms with Crippen molar-refractivity contribution in [1.82, 2.24) is 15.8 Å². The summed E-state index contributed by atoms with van der Waals surface area (Å²) < 4.78 is 6.45. The van der Waals surface area contributed by atoms with Gasteiger partial charge in [0.25, 0.3) is 11.8 Å². The lowest BCUT2D eigenvalue weighted by Crippen LogP contribution is -2.43. The van der Waals surface area contributed by atoms with Crippen LogP contribution in [0.3, 0.4) is 0 Å². The quantitative estimate of drug-likeness (QED) is 0.661. The van der Waals surface area contributed by atoms with Crippen LogP contribution >= 0.6 is 15.9 Å². The number of rotatable bonds is 4. The first-order valence-corrected chi connectivity index (χ1v) is 8.22. The first-order valence-electron chi connectivity index (χ1n) is 7.43. The summed E-state index contributed by atoms with van der Waals surface area (Å²) in [4.78, 5) is 27.4. The molecule has 2 aromatic carbocycles. The number of halogens is 1. The molecule has 0 bridgehead atoms. The highest BCUT2D eigenvalue weighted by Crippen LogP contribution is 2.24. The third-order valence-corrected chi connectivity index (χ3v) is 3.88. The van der Waals surface area contributed by atoms with E-state index in [0.717, 1.165) is 15.2 Å². The summed E-state index contributed by atoms with van der Waals surface area (Å²) in [5, 5.41) is 2.07. The molecule has 25 heavy (non-hydrogen) atoms. The van der Waals surface area contributed by atoms with Gasteiger partial charge in [-0.05, 0) is 47.2 Å². The van der Waals surface area contributed by atoms with Crippen molar-refractivity contribution >= 4 is 38.5 Å². The van der Waals surface area contributed by atoms with Gasteiger partial charge in [0.2, 0.25) is 0 Å². The molecule has 2 N–H and O–H groups in total. The Morgan fingerprint density at radius 1 is 1.04 bits per heavy atom. The smallest absolute Gasteiger partial charge is 0.276 e. The fraction of sp³-hybridized carbons (Fsp3) is 0.0556. The summed E-state index contributed by atoms with van der Waals surface area (Å²) in [6.45, 7) is -0.213. The lowest BCUT2D eigenvalue weighted by Gasteiger charge is -2.09. The fourth-order valence-corrected chi connectivity index (χ4v) is 2.54. The maximum Gasteiger partial charge on any atom is 0.276 e. The summed E-state index contributed by atoms with van der Waals surface area (Å²) in [7, 11) is 0. The zero-order valence-electron chi connectivity index (χ0n) is 13.0. The number of carbonyl (C=O) groups is 2. The molecule has 0 fully saturated rings. The number of hydrogen-bond acceptors (Lipinski definition) is 4. The molecule has 0 aliphatic carbocycles. The number of hydrazine groups is 1. The standard InChI is InChI=1S/C18H14BrN3O3/c19-15-5-3-13-9-16(6-4-12(13)8-15)25-11-17(23)21-22-18(24)14-2-1-7-20-10-14/h1-10H,11H2,(H,21,23)(H,22,24). The van der Waals surface area contributed by atoms with E-state index < -0.39 is 11.8 Å². The predicted octanol–water partition coefficient (Wildman–Crippen LogP) is 2.84. The highest BCUT2D eigenvalue weighted by atomic mass is 79.9.